The molecule has 1 aromatic carbocycles. The van der Waals surface area contributed by atoms with Gasteiger partial charge < -0.3 is 0 Å². The molecule has 1 aliphatic rings. The Hall–Kier alpha value is -1.75. The highest BCUT2D eigenvalue weighted by Crippen LogP contribution is 2.27. The number of benzene rings is 1. The van der Waals surface area contributed by atoms with Gasteiger partial charge >= 0.3 is 0 Å². The van der Waals surface area contributed by atoms with Crippen LogP contribution in [-0.2, 0) is 6.54 Å². The van der Waals surface area contributed by atoms with Crippen LogP contribution in [0, 0.1) is 11.6 Å². The van der Waals surface area contributed by atoms with Crippen LogP contribution >= 0.6 is 0 Å². The Balaban J connectivity index is 1.72. The van der Waals surface area contributed by atoms with Gasteiger partial charge in [0.25, 0.3) is 0 Å². The zero-order valence-corrected chi connectivity index (χ0v) is 11.1. The lowest BCUT2D eigenvalue weighted by Gasteiger charge is -2.32. The lowest BCUT2D eigenvalue weighted by molar-refractivity contribution is 0.194. The lowest BCUT2D eigenvalue weighted by atomic mass is 9.94. The van der Waals surface area contributed by atoms with Gasteiger partial charge in [-0.05, 0) is 37.6 Å². The highest BCUT2D eigenvalue weighted by atomic mass is 19.1. The fourth-order valence-corrected chi connectivity index (χ4v) is 2.85. The number of hydrogen-bond acceptors (Lipinski definition) is 2. The molecular formula is C15H17F2N3. The fraction of sp³-hybridized carbons (Fsp3) is 0.400. The van der Waals surface area contributed by atoms with E-state index in [4.69, 9.17) is 0 Å². The van der Waals surface area contributed by atoms with E-state index >= 15 is 0 Å². The van der Waals surface area contributed by atoms with Crippen molar-refractivity contribution in [1.82, 2.24) is 15.1 Å². The highest BCUT2D eigenvalue weighted by molar-refractivity contribution is 5.20. The number of nitrogens with zero attached hydrogens (tertiary/aromatic N) is 2. The van der Waals surface area contributed by atoms with E-state index in [2.05, 4.69) is 15.1 Å². The van der Waals surface area contributed by atoms with E-state index in [1.807, 2.05) is 6.07 Å². The minimum absolute atomic E-state index is 0.165. The molecule has 1 atom stereocenters. The van der Waals surface area contributed by atoms with Crippen LogP contribution in [0.5, 0.6) is 0 Å². The van der Waals surface area contributed by atoms with Crippen LogP contribution in [0.4, 0.5) is 8.78 Å². The largest absolute Gasteiger partial charge is 0.298 e. The van der Waals surface area contributed by atoms with E-state index in [1.54, 1.807) is 6.20 Å². The van der Waals surface area contributed by atoms with Crippen molar-refractivity contribution in [2.24, 2.45) is 0 Å². The van der Waals surface area contributed by atoms with Gasteiger partial charge in [0.1, 0.15) is 11.6 Å². The maximum absolute atomic E-state index is 13.7. The average Bonchev–Trinajstić information content (AvgIpc) is 2.98. The predicted octanol–water partition coefficient (Wildman–Crippen LogP) is 3.07. The maximum atomic E-state index is 13.7. The third kappa shape index (κ3) is 2.72. The molecule has 1 aromatic heterocycles. The van der Waals surface area contributed by atoms with Crippen molar-refractivity contribution in [1.29, 1.82) is 0 Å². The third-order valence-electron chi connectivity index (χ3n) is 3.91. The monoisotopic (exact) mass is 277 g/mol. The second-order valence-corrected chi connectivity index (χ2v) is 5.29. The van der Waals surface area contributed by atoms with E-state index in [-0.39, 0.29) is 5.56 Å². The zero-order chi connectivity index (χ0) is 13.9. The minimum atomic E-state index is -0.464. The average molecular weight is 277 g/mol. The number of aromatic nitrogens is 2. The smallest absolute Gasteiger partial charge is 0.130 e. The van der Waals surface area contributed by atoms with E-state index < -0.39 is 11.6 Å². The number of H-pyrrole nitrogens is 1. The highest BCUT2D eigenvalue weighted by Gasteiger charge is 2.23. The first kappa shape index (κ1) is 13.2. The van der Waals surface area contributed by atoms with Gasteiger partial charge in [-0.25, -0.2) is 8.78 Å². The summed E-state index contributed by atoms with van der Waals surface area (Å²) < 4.78 is 27.4. The molecule has 0 aliphatic carbocycles. The minimum Gasteiger partial charge on any atom is -0.298 e. The topological polar surface area (TPSA) is 31.9 Å². The molecule has 0 spiro atoms. The van der Waals surface area contributed by atoms with Crippen molar-refractivity contribution in [3.63, 3.8) is 0 Å². The summed E-state index contributed by atoms with van der Waals surface area (Å²) in [5.74, 6) is -0.566. The van der Waals surface area contributed by atoms with Gasteiger partial charge in [0.15, 0.2) is 0 Å². The van der Waals surface area contributed by atoms with Crippen molar-refractivity contribution >= 4 is 0 Å². The molecule has 0 saturated carbocycles. The molecule has 20 heavy (non-hydrogen) atoms. The van der Waals surface area contributed by atoms with Crippen LogP contribution in [0.2, 0.25) is 0 Å². The predicted molar refractivity (Wildman–Crippen MR) is 72.2 cm³/mol. The van der Waals surface area contributed by atoms with E-state index in [9.17, 15) is 8.78 Å². The van der Waals surface area contributed by atoms with Gasteiger partial charge in [-0.15, -0.1) is 0 Å². The van der Waals surface area contributed by atoms with Crippen molar-refractivity contribution in [2.45, 2.75) is 25.3 Å². The summed E-state index contributed by atoms with van der Waals surface area (Å²) in [4.78, 5) is 2.11. The molecule has 0 amide bonds. The van der Waals surface area contributed by atoms with Crippen LogP contribution in [0.15, 0.2) is 30.5 Å². The SMILES string of the molecule is Fc1cccc(F)c1CN1CCCC(c2ccn[nH]2)C1. The molecule has 3 rings (SSSR count). The van der Waals surface area contributed by atoms with Crippen molar-refractivity contribution < 1.29 is 8.78 Å². The Kier molecular flexibility index (Phi) is 3.78. The third-order valence-corrected chi connectivity index (χ3v) is 3.91. The molecule has 0 bridgehead atoms. The summed E-state index contributed by atoms with van der Waals surface area (Å²) in [6.07, 6.45) is 3.85. The fourth-order valence-electron chi connectivity index (χ4n) is 2.85. The summed E-state index contributed by atoms with van der Waals surface area (Å²) in [7, 11) is 0. The number of nitrogens with one attached hydrogen (secondary N) is 1. The van der Waals surface area contributed by atoms with Crippen LogP contribution in [0.1, 0.15) is 30.0 Å². The van der Waals surface area contributed by atoms with Gasteiger partial charge in [-0.3, -0.25) is 10.00 Å². The summed E-state index contributed by atoms with van der Waals surface area (Å²) in [5.41, 5.74) is 1.27. The zero-order valence-electron chi connectivity index (χ0n) is 11.1. The molecule has 1 fully saturated rings. The maximum Gasteiger partial charge on any atom is 0.130 e. The summed E-state index contributed by atoms with van der Waals surface area (Å²) in [6.45, 7) is 2.00. The van der Waals surface area contributed by atoms with Gasteiger partial charge in [-0.2, -0.15) is 5.10 Å². The molecule has 2 heterocycles. The van der Waals surface area contributed by atoms with Crippen LogP contribution in [0.3, 0.4) is 0 Å². The molecular weight excluding hydrogens is 260 g/mol. The Morgan fingerprint density at radius 3 is 2.75 bits per heavy atom. The molecule has 3 nitrogen and oxygen atoms in total. The number of likely N-dealkylation sites (tertiary alicyclic amines) is 1. The van der Waals surface area contributed by atoms with Crippen LogP contribution in [0.25, 0.3) is 0 Å². The Bertz CT molecular complexity index is 548. The van der Waals surface area contributed by atoms with Crippen LogP contribution in [-0.4, -0.2) is 28.2 Å². The summed E-state index contributed by atoms with van der Waals surface area (Å²) in [5, 5.41) is 6.96. The van der Waals surface area contributed by atoms with E-state index in [0.29, 0.717) is 12.5 Å². The molecule has 2 aromatic rings. The molecule has 1 N–H and O–H groups in total. The first-order valence-electron chi connectivity index (χ1n) is 6.88. The molecule has 106 valence electrons. The second kappa shape index (κ2) is 5.71. The van der Waals surface area contributed by atoms with Gasteiger partial charge in [0.05, 0.1) is 0 Å². The Labute approximate surface area is 116 Å². The first-order chi connectivity index (χ1) is 9.74. The quantitative estimate of drug-likeness (QED) is 0.935. The number of aromatic amines is 1. The standard InChI is InChI=1S/C15H17F2N3/c16-13-4-1-5-14(17)12(13)10-20-8-2-3-11(9-20)15-6-7-18-19-15/h1,4-7,11H,2-3,8-10H2,(H,18,19). The summed E-state index contributed by atoms with van der Waals surface area (Å²) >= 11 is 0. The Morgan fingerprint density at radius 2 is 2.05 bits per heavy atom. The second-order valence-electron chi connectivity index (χ2n) is 5.29. The van der Waals surface area contributed by atoms with Crippen LogP contribution < -0.4 is 0 Å². The Morgan fingerprint density at radius 1 is 1.25 bits per heavy atom. The van der Waals surface area contributed by atoms with E-state index in [1.165, 1.54) is 18.2 Å². The lowest BCUT2D eigenvalue weighted by Crippen LogP contribution is -2.34. The van der Waals surface area contributed by atoms with Gasteiger partial charge in [0.2, 0.25) is 0 Å². The molecule has 0 radical (unpaired) electrons. The molecule has 5 heteroatoms. The van der Waals surface area contributed by atoms with Gasteiger partial charge in [-0.1, -0.05) is 6.07 Å². The number of hydrogen-bond donors (Lipinski definition) is 1. The van der Waals surface area contributed by atoms with Crippen molar-refractivity contribution in [3.05, 3.63) is 53.4 Å². The van der Waals surface area contributed by atoms with Crippen molar-refractivity contribution in [2.75, 3.05) is 13.1 Å². The normalized spacial score (nSPS) is 20.2. The number of rotatable bonds is 3. The number of piperidine rings is 1. The molecule has 1 unspecified atom stereocenters. The first-order valence-corrected chi connectivity index (χ1v) is 6.88. The number of halogens is 2. The van der Waals surface area contributed by atoms with Gasteiger partial charge in [0, 0.05) is 36.5 Å². The molecule has 1 aliphatic heterocycles. The molecule has 1 saturated heterocycles. The summed E-state index contributed by atoms with van der Waals surface area (Å²) in [6, 6.07) is 6.00. The van der Waals surface area contributed by atoms with Crippen molar-refractivity contribution in [3.8, 4) is 0 Å². The van der Waals surface area contributed by atoms with E-state index in [0.717, 1.165) is 31.6 Å².